The fourth-order valence-electron chi connectivity index (χ4n) is 0.983. The zero-order valence-corrected chi connectivity index (χ0v) is 6.27. The van der Waals surface area contributed by atoms with Gasteiger partial charge >= 0.3 is 5.97 Å². The van der Waals surface area contributed by atoms with Gasteiger partial charge < -0.3 is 5.11 Å². The Labute approximate surface area is 68.5 Å². The predicted molar refractivity (Wildman–Crippen MR) is 38.8 cm³/mol. The van der Waals surface area contributed by atoms with Crippen LogP contribution in [0.4, 0.5) is 0 Å². The molecule has 1 aliphatic carbocycles. The number of hydrogen-bond donors (Lipinski definition) is 1. The SMILES string of the molecule is O=C(O)c1nncc(C2CC2)n1. The monoisotopic (exact) mass is 165 g/mol. The number of aromatic nitrogens is 3. The van der Waals surface area contributed by atoms with Gasteiger partial charge in [-0.05, 0) is 12.8 Å². The zero-order chi connectivity index (χ0) is 8.55. The highest BCUT2D eigenvalue weighted by molar-refractivity contribution is 5.82. The summed E-state index contributed by atoms with van der Waals surface area (Å²) in [6.45, 7) is 0. The first kappa shape index (κ1) is 7.15. The first-order chi connectivity index (χ1) is 5.77. The molecule has 0 saturated heterocycles. The fraction of sp³-hybridized carbons (Fsp3) is 0.429. The van der Waals surface area contributed by atoms with E-state index in [1.807, 2.05) is 0 Å². The molecular formula is C7H7N3O2. The molecule has 1 aromatic rings. The Balaban J connectivity index is 2.32. The third kappa shape index (κ3) is 1.25. The molecule has 62 valence electrons. The van der Waals surface area contributed by atoms with E-state index in [2.05, 4.69) is 15.2 Å². The molecule has 1 N–H and O–H groups in total. The Morgan fingerprint density at radius 1 is 1.58 bits per heavy atom. The van der Waals surface area contributed by atoms with Gasteiger partial charge in [0.25, 0.3) is 5.82 Å². The molecule has 1 aliphatic rings. The summed E-state index contributed by atoms with van der Waals surface area (Å²) in [5.74, 6) is -0.914. The summed E-state index contributed by atoms with van der Waals surface area (Å²) in [6, 6.07) is 0. The fourth-order valence-corrected chi connectivity index (χ4v) is 0.983. The molecule has 0 amide bonds. The van der Waals surface area contributed by atoms with E-state index >= 15 is 0 Å². The number of hydrogen-bond acceptors (Lipinski definition) is 4. The van der Waals surface area contributed by atoms with Gasteiger partial charge in [-0.25, -0.2) is 9.78 Å². The molecule has 0 aromatic carbocycles. The molecule has 12 heavy (non-hydrogen) atoms. The van der Waals surface area contributed by atoms with Gasteiger partial charge in [0.2, 0.25) is 0 Å². The smallest absolute Gasteiger partial charge is 0.375 e. The first-order valence-electron chi connectivity index (χ1n) is 3.70. The quantitative estimate of drug-likeness (QED) is 0.688. The van der Waals surface area contributed by atoms with Crippen LogP contribution in [-0.2, 0) is 0 Å². The Bertz CT molecular complexity index is 322. The van der Waals surface area contributed by atoms with Crippen molar-refractivity contribution in [2.45, 2.75) is 18.8 Å². The number of aromatic carboxylic acids is 1. The molecule has 0 bridgehead atoms. The minimum absolute atomic E-state index is 0.209. The van der Waals surface area contributed by atoms with Crippen molar-refractivity contribution in [1.29, 1.82) is 0 Å². The summed E-state index contributed by atoms with van der Waals surface area (Å²) in [6.07, 6.45) is 3.69. The average molecular weight is 165 g/mol. The van der Waals surface area contributed by atoms with Crippen LogP contribution in [-0.4, -0.2) is 26.3 Å². The van der Waals surface area contributed by atoms with Crippen molar-refractivity contribution in [3.05, 3.63) is 17.7 Å². The number of carbonyl (C=O) groups is 1. The summed E-state index contributed by atoms with van der Waals surface area (Å²) >= 11 is 0. The van der Waals surface area contributed by atoms with Crippen LogP contribution in [0.25, 0.3) is 0 Å². The van der Waals surface area contributed by atoms with Crippen LogP contribution in [0.1, 0.15) is 35.1 Å². The van der Waals surface area contributed by atoms with E-state index in [1.54, 1.807) is 0 Å². The van der Waals surface area contributed by atoms with Crippen LogP contribution >= 0.6 is 0 Å². The number of carboxylic acid groups (broad SMARTS) is 1. The van der Waals surface area contributed by atoms with Crippen molar-refractivity contribution in [1.82, 2.24) is 15.2 Å². The van der Waals surface area contributed by atoms with Crippen molar-refractivity contribution < 1.29 is 9.90 Å². The van der Waals surface area contributed by atoms with Gasteiger partial charge in [-0.1, -0.05) is 0 Å². The van der Waals surface area contributed by atoms with Gasteiger partial charge in [0.05, 0.1) is 11.9 Å². The van der Waals surface area contributed by atoms with Crippen LogP contribution in [0, 0.1) is 0 Å². The van der Waals surface area contributed by atoms with Gasteiger partial charge in [-0.2, -0.15) is 5.10 Å². The second-order valence-corrected chi connectivity index (χ2v) is 2.78. The molecule has 5 heteroatoms. The highest BCUT2D eigenvalue weighted by Crippen LogP contribution is 2.38. The lowest BCUT2D eigenvalue weighted by atomic mass is 10.3. The molecule has 0 atom stereocenters. The van der Waals surface area contributed by atoms with Crippen LogP contribution in [0.15, 0.2) is 6.20 Å². The van der Waals surface area contributed by atoms with Crippen LogP contribution in [0.3, 0.4) is 0 Å². The van der Waals surface area contributed by atoms with E-state index in [0.29, 0.717) is 5.92 Å². The van der Waals surface area contributed by atoms with Crippen LogP contribution < -0.4 is 0 Å². The normalized spacial score (nSPS) is 16.0. The lowest BCUT2D eigenvalue weighted by molar-refractivity contribution is 0.0681. The second kappa shape index (κ2) is 2.51. The van der Waals surface area contributed by atoms with Crippen molar-refractivity contribution >= 4 is 5.97 Å². The van der Waals surface area contributed by atoms with Gasteiger partial charge in [0.1, 0.15) is 0 Å². The Kier molecular flexibility index (Phi) is 1.49. The highest BCUT2D eigenvalue weighted by atomic mass is 16.4. The van der Waals surface area contributed by atoms with Crippen LogP contribution in [0.2, 0.25) is 0 Å². The van der Waals surface area contributed by atoms with Gasteiger partial charge in [0, 0.05) is 5.92 Å². The van der Waals surface area contributed by atoms with Gasteiger partial charge in [0.15, 0.2) is 0 Å². The third-order valence-corrected chi connectivity index (χ3v) is 1.76. The second-order valence-electron chi connectivity index (χ2n) is 2.78. The van der Waals surface area contributed by atoms with Gasteiger partial charge in [-0.3, -0.25) is 0 Å². The van der Waals surface area contributed by atoms with Crippen LogP contribution in [0.5, 0.6) is 0 Å². The summed E-state index contributed by atoms with van der Waals surface area (Å²) < 4.78 is 0. The van der Waals surface area contributed by atoms with Crippen molar-refractivity contribution in [3.8, 4) is 0 Å². The van der Waals surface area contributed by atoms with Gasteiger partial charge in [-0.15, -0.1) is 5.10 Å². The molecule has 0 unspecified atom stereocenters. The summed E-state index contributed by atoms with van der Waals surface area (Å²) in [5, 5.41) is 15.5. The number of carboxylic acids is 1. The molecule has 1 saturated carbocycles. The van der Waals surface area contributed by atoms with E-state index in [-0.39, 0.29) is 5.82 Å². The number of rotatable bonds is 2. The zero-order valence-electron chi connectivity index (χ0n) is 6.27. The summed E-state index contributed by atoms with van der Waals surface area (Å²) in [7, 11) is 0. The Morgan fingerprint density at radius 2 is 2.33 bits per heavy atom. The largest absolute Gasteiger partial charge is 0.475 e. The lowest BCUT2D eigenvalue weighted by Gasteiger charge is -1.95. The summed E-state index contributed by atoms with van der Waals surface area (Å²) in [5.41, 5.74) is 0.752. The molecule has 0 radical (unpaired) electrons. The maximum atomic E-state index is 10.4. The molecule has 1 heterocycles. The lowest BCUT2D eigenvalue weighted by Crippen LogP contribution is -2.07. The molecule has 2 rings (SSSR count). The minimum atomic E-state index is -1.12. The van der Waals surface area contributed by atoms with E-state index in [1.165, 1.54) is 6.20 Å². The maximum absolute atomic E-state index is 10.4. The molecule has 1 fully saturated rings. The molecule has 1 aromatic heterocycles. The standard InChI is InChI=1S/C7H7N3O2/c11-7(12)6-9-5(3-8-10-6)4-1-2-4/h3-4H,1-2H2,(H,11,12). The third-order valence-electron chi connectivity index (χ3n) is 1.76. The molecule has 5 nitrogen and oxygen atoms in total. The molecule has 0 aliphatic heterocycles. The summed E-state index contributed by atoms with van der Waals surface area (Å²) in [4.78, 5) is 14.3. The Morgan fingerprint density at radius 3 is 2.92 bits per heavy atom. The van der Waals surface area contributed by atoms with E-state index < -0.39 is 5.97 Å². The molecular weight excluding hydrogens is 158 g/mol. The van der Waals surface area contributed by atoms with Crippen molar-refractivity contribution in [3.63, 3.8) is 0 Å². The highest BCUT2D eigenvalue weighted by Gasteiger charge is 2.26. The maximum Gasteiger partial charge on any atom is 0.375 e. The minimum Gasteiger partial charge on any atom is -0.475 e. The van der Waals surface area contributed by atoms with E-state index in [9.17, 15) is 4.79 Å². The predicted octanol–water partition coefficient (Wildman–Crippen LogP) is 0.447. The van der Waals surface area contributed by atoms with E-state index in [0.717, 1.165) is 18.5 Å². The van der Waals surface area contributed by atoms with Crippen molar-refractivity contribution in [2.75, 3.05) is 0 Å². The topological polar surface area (TPSA) is 76.0 Å². The Hall–Kier alpha value is -1.52. The van der Waals surface area contributed by atoms with Crippen molar-refractivity contribution in [2.24, 2.45) is 0 Å². The average Bonchev–Trinajstić information content (AvgIpc) is 2.87. The first-order valence-corrected chi connectivity index (χ1v) is 3.70. The van der Waals surface area contributed by atoms with E-state index in [4.69, 9.17) is 5.11 Å². The molecule has 0 spiro atoms. The number of nitrogens with zero attached hydrogens (tertiary/aromatic N) is 3.